The summed E-state index contributed by atoms with van der Waals surface area (Å²) in [6.07, 6.45) is 2.41. The van der Waals surface area contributed by atoms with Gasteiger partial charge in [0.05, 0.1) is 75.2 Å². The van der Waals surface area contributed by atoms with Crippen molar-refractivity contribution in [1.29, 1.82) is 0 Å². The molecule has 4 N–H and O–H groups in total. The van der Waals surface area contributed by atoms with Crippen molar-refractivity contribution in [3.05, 3.63) is 142 Å². The lowest BCUT2D eigenvalue weighted by molar-refractivity contribution is -0.206. The van der Waals surface area contributed by atoms with Gasteiger partial charge < -0.3 is 76.6 Å². The van der Waals surface area contributed by atoms with Gasteiger partial charge in [0.25, 0.3) is 0 Å². The lowest BCUT2D eigenvalue weighted by Gasteiger charge is -2.36. The third kappa shape index (κ3) is 27.1. The number of hydrogen-bond acceptors (Lipinski definition) is 25. The molecule has 114 heavy (non-hydrogen) atoms. The van der Waals surface area contributed by atoms with Crippen LogP contribution in [0.2, 0.25) is 0 Å². The molecule has 2 saturated heterocycles. The Kier molecular flexibility index (Phi) is 31.2. The van der Waals surface area contributed by atoms with Gasteiger partial charge in [0.15, 0.2) is 11.7 Å². The molecule has 2 amide bonds. The highest BCUT2D eigenvalue weighted by atomic mass is 16.7. The van der Waals surface area contributed by atoms with Gasteiger partial charge in [-0.2, -0.15) is 0 Å². The molecule has 1 atom stereocenters. The number of carbonyl (C=O) groups excluding carboxylic acids is 5. The molecule has 1 unspecified atom stereocenters. The van der Waals surface area contributed by atoms with E-state index in [2.05, 4.69) is 69.6 Å². The predicted octanol–water partition coefficient (Wildman–Crippen LogP) is 12.7. The van der Waals surface area contributed by atoms with Crippen LogP contribution in [0.1, 0.15) is 216 Å². The van der Waals surface area contributed by atoms with E-state index in [1.807, 2.05) is 150 Å². The van der Waals surface area contributed by atoms with Gasteiger partial charge in [-0.15, -0.1) is 10.2 Å². The second-order valence-corrected chi connectivity index (χ2v) is 34.4. The van der Waals surface area contributed by atoms with Gasteiger partial charge >= 0.3 is 44.5 Å². The van der Waals surface area contributed by atoms with Gasteiger partial charge in [-0.05, 0) is 208 Å². The summed E-state index contributed by atoms with van der Waals surface area (Å²) in [5.74, 6) is -1.33. The van der Waals surface area contributed by atoms with E-state index >= 15 is 0 Å². The Morgan fingerprint density at radius 2 is 0.930 bits per heavy atom. The number of nitrogens with zero attached hydrogens (tertiary/aromatic N) is 6. The number of ether oxygens (including phenoxy) is 10. The number of amides is 2. The quantitative estimate of drug-likeness (QED) is 0.0157. The monoisotopic (exact) mass is 1580 g/mol. The molecule has 4 aromatic carbocycles. The molecule has 2 aliphatic heterocycles. The minimum Gasteiger partial charge on any atom is -0.464 e. The number of rotatable bonds is 42. The molecule has 624 valence electrons. The lowest BCUT2D eigenvalue weighted by atomic mass is 9.79. The Morgan fingerprint density at radius 1 is 0.509 bits per heavy atom. The molecule has 0 radical (unpaired) electrons. The number of benzene rings is 4. The standard InChI is InChI=1S/C83H122B2N10O19/c1-23-102-70(96)69(109-79(12,13)71(97)103-54-61-30-24-59(46-86-48-65-50-94(92-90-65)40-37-76(6,7)107-42-36-56(2)3)44-67(61)88-72(98)104-52-57-26-32-63(33-27-57)84-111-80(14,15)81(16,17)112-84)78(10,11)110-74(100)106-55-62-31-25-60(47-87-49-66-51-95(93-91-66)41-38-77(8,9)108-43-39-75(4,5)101-22)45-68(62)89-73(99)105-53-58-28-34-64(35-29-58)85-113-82(18,19)83(20,21)114-85/h24-35,44-45,50-51,56,69,86-87H,23,36-43,46-49,52-55H2,1-22H3,(H,88,98)(H,89,99). The van der Waals surface area contributed by atoms with Crippen LogP contribution in [0.15, 0.2) is 97.3 Å². The number of carbonyl (C=O) groups is 5. The topological polar surface area (TPSA) is 324 Å². The first kappa shape index (κ1) is 91.2. The number of aryl methyl sites for hydroxylation is 2. The zero-order valence-electron chi connectivity index (χ0n) is 71.0. The number of anilines is 2. The third-order valence-electron chi connectivity index (χ3n) is 20.9. The van der Waals surface area contributed by atoms with E-state index in [9.17, 15) is 24.0 Å². The van der Waals surface area contributed by atoms with Gasteiger partial charge in [0.1, 0.15) is 32.0 Å². The van der Waals surface area contributed by atoms with Crippen molar-refractivity contribution >= 4 is 66.8 Å². The van der Waals surface area contributed by atoms with Crippen LogP contribution in [0.4, 0.5) is 25.8 Å². The maximum Gasteiger partial charge on any atom is 0.509 e. The van der Waals surface area contributed by atoms with Crippen molar-refractivity contribution in [2.75, 3.05) is 37.6 Å². The molecule has 2 aromatic heterocycles. The highest BCUT2D eigenvalue weighted by Gasteiger charge is 2.53. The van der Waals surface area contributed by atoms with E-state index in [4.69, 9.17) is 66.0 Å². The maximum absolute atomic E-state index is 14.3. The molecular weight excluding hydrogens is 1460 g/mol. The summed E-state index contributed by atoms with van der Waals surface area (Å²) >= 11 is 0. The van der Waals surface area contributed by atoms with E-state index in [1.165, 1.54) is 27.7 Å². The summed E-state index contributed by atoms with van der Waals surface area (Å²) < 4.78 is 87.1. The molecule has 0 saturated carbocycles. The number of esters is 2. The molecule has 4 heterocycles. The van der Waals surface area contributed by atoms with Crippen molar-refractivity contribution < 1.29 is 90.0 Å². The molecule has 0 spiro atoms. The number of aromatic nitrogens is 6. The average molecular weight is 1590 g/mol. The van der Waals surface area contributed by atoms with Gasteiger partial charge in [0.2, 0.25) is 0 Å². The molecule has 0 bridgehead atoms. The highest BCUT2D eigenvalue weighted by molar-refractivity contribution is 6.62. The van der Waals surface area contributed by atoms with Gasteiger partial charge in [-0.25, -0.2) is 24.0 Å². The first-order valence-corrected chi connectivity index (χ1v) is 39.3. The first-order valence-electron chi connectivity index (χ1n) is 39.3. The molecule has 8 rings (SSSR count). The van der Waals surface area contributed by atoms with E-state index < -0.39 is 96.4 Å². The summed E-state index contributed by atoms with van der Waals surface area (Å²) in [5.41, 5.74) is 0.347. The Hall–Kier alpha value is -8.36. The summed E-state index contributed by atoms with van der Waals surface area (Å²) in [7, 11) is 0.553. The first-order chi connectivity index (χ1) is 53.4. The highest BCUT2D eigenvalue weighted by Crippen LogP contribution is 2.38. The lowest BCUT2D eigenvalue weighted by Crippen LogP contribution is -2.53. The second-order valence-electron chi connectivity index (χ2n) is 34.4. The fourth-order valence-electron chi connectivity index (χ4n) is 11.7. The average Bonchev–Trinajstić information content (AvgIpc) is 1.62. The Morgan fingerprint density at radius 3 is 1.35 bits per heavy atom. The minimum atomic E-state index is -1.91. The third-order valence-corrected chi connectivity index (χ3v) is 20.9. The number of nitrogens with one attached hydrogen (secondary N) is 4. The van der Waals surface area contributed by atoms with E-state index in [0.29, 0.717) is 92.8 Å². The van der Waals surface area contributed by atoms with Crippen molar-refractivity contribution in [3.8, 4) is 0 Å². The summed E-state index contributed by atoms with van der Waals surface area (Å²) in [6, 6.07) is 25.3. The van der Waals surface area contributed by atoms with Crippen molar-refractivity contribution in [1.82, 2.24) is 40.6 Å². The normalized spacial score (nSPS) is 15.7. The maximum atomic E-state index is 14.3. The van der Waals surface area contributed by atoms with E-state index in [1.54, 1.807) is 53.7 Å². The number of hydrogen-bond donors (Lipinski definition) is 4. The Bertz CT molecular complexity index is 4130. The van der Waals surface area contributed by atoms with Crippen LogP contribution in [0.25, 0.3) is 0 Å². The van der Waals surface area contributed by atoms with Crippen LogP contribution in [-0.2, 0) is 141 Å². The van der Waals surface area contributed by atoms with Crippen molar-refractivity contribution in [2.24, 2.45) is 5.92 Å². The van der Waals surface area contributed by atoms with Crippen LogP contribution in [-0.4, -0.2) is 158 Å². The molecule has 29 nitrogen and oxygen atoms in total. The van der Waals surface area contributed by atoms with E-state index in [-0.39, 0.29) is 49.0 Å². The van der Waals surface area contributed by atoms with Gasteiger partial charge in [-0.1, -0.05) is 97.1 Å². The SMILES string of the molecule is CCOC(=O)C(OC(C)(C)C(=O)OCc1ccc(CNCc2cn(CCC(C)(C)OCCC(C)C)nn2)cc1NC(=O)OCc1ccc(B2OC(C)(C)C(C)(C)O2)cc1)C(C)(C)OC(=O)OCc1ccc(CNCc2cn(CCC(C)(C)OCCC(C)(C)OC)nn2)cc1NC(=O)OCc1ccc(B2OC(C)(C)C(C)(C)O2)cc1. The fraction of sp³-hybridized carbons (Fsp3) is 0.602. The minimum absolute atomic E-state index is 0.0790. The zero-order valence-corrected chi connectivity index (χ0v) is 71.0. The number of methoxy groups -OCH3 is 1. The van der Waals surface area contributed by atoms with Gasteiger partial charge in [0, 0.05) is 76.5 Å². The molecule has 31 heteroatoms. The predicted molar refractivity (Wildman–Crippen MR) is 431 cm³/mol. The molecular formula is C83H122B2N10O19. The molecule has 2 fully saturated rings. The van der Waals surface area contributed by atoms with Crippen LogP contribution in [0.5, 0.6) is 0 Å². The van der Waals surface area contributed by atoms with Crippen LogP contribution >= 0.6 is 0 Å². The smallest absolute Gasteiger partial charge is 0.464 e. The summed E-state index contributed by atoms with van der Waals surface area (Å²) in [4.78, 5) is 69.7. The summed E-state index contributed by atoms with van der Waals surface area (Å²) in [6.45, 7) is 42.5. The largest absolute Gasteiger partial charge is 0.509 e. The zero-order chi connectivity index (χ0) is 83.7. The van der Waals surface area contributed by atoms with Crippen molar-refractivity contribution in [3.63, 3.8) is 0 Å². The van der Waals surface area contributed by atoms with Crippen LogP contribution < -0.4 is 32.2 Å². The molecule has 6 aromatic rings. The summed E-state index contributed by atoms with van der Waals surface area (Å²) in [5, 5.41) is 29.9. The molecule has 2 aliphatic rings. The van der Waals surface area contributed by atoms with Crippen LogP contribution in [0, 0.1) is 5.92 Å². The second kappa shape index (κ2) is 39.1. The fourth-order valence-corrected chi connectivity index (χ4v) is 11.7. The van der Waals surface area contributed by atoms with Crippen LogP contribution in [0.3, 0.4) is 0 Å². The van der Waals surface area contributed by atoms with Crippen molar-refractivity contribution in [2.45, 2.75) is 293 Å². The molecule has 0 aliphatic carbocycles. The Labute approximate surface area is 673 Å². The van der Waals surface area contributed by atoms with Gasteiger partial charge in [-0.3, -0.25) is 20.0 Å². The Balaban J connectivity index is 0.911. The van der Waals surface area contributed by atoms with E-state index in [0.717, 1.165) is 47.0 Å².